The van der Waals surface area contributed by atoms with E-state index in [2.05, 4.69) is 37.3 Å². The van der Waals surface area contributed by atoms with E-state index in [0.29, 0.717) is 34.2 Å². The Bertz CT molecular complexity index is 1420. The standard InChI is InChI=1S/C27H27FN6O2S/c1-15(2)24-23(25(36-32-24)16-4-6-17(28)7-5-16)27-30-21(14-37-27)26(35)31-22-9-8-18(11-29-22)34-12-19-10-20(13-34)33(19)3/h4-9,11,14-15,19-20H,10,12-13H2,1-3H3,(H,29,31,35). The molecule has 3 aliphatic heterocycles. The van der Waals surface area contributed by atoms with Crippen molar-refractivity contribution in [1.29, 1.82) is 0 Å². The van der Waals surface area contributed by atoms with Crippen molar-refractivity contribution in [3.63, 3.8) is 0 Å². The molecule has 0 spiro atoms. The molecule has 3 fully saturated rings. The van der Waals surface area contributed by atoms with Crippen molar-refractivity contribution in [3.05, 3.63) is 65.2 Å². The van der Waals surface area contributed by atoms with Crippen LogP contribution in [-0.2, 0) is 0 Å². The normalized spacial score (nSPS) is 19.2. The Morgan fingerprint density at radius 2 is 1.92 bits per heavy atom. The zero-order valence-electron chi connectivity index (χ0n) is 20.8. The highest BCUT2D eigenvalue weighted by molar-refractivity contribution is 7.13. The molecular weight excluding hydrogens is 491 g/mol. The number of thiazole rings is 1. The zero-order chi connectivity index (χ0) is 25.7. The highest BCUT2D eigenvalue weighted by atomic mass is 32.1. The maximum atomic E-state index is 13.5. The largest absolute Gasteiger partial charge is 0.367 e. The number of benzene rings is 1. The second-order valence-electron chi connectivity index (χ2n) is 9.94. The van der Waals surface area contributed by atoms with Crippen LogP contribution >= 0.6 is 11.3 Å². The maximum absolute atomic E-state index is 13.5. The van der Waals surface area contributed by atoms with Gasteiger partial charge in [0.1, 0.15) is 22.3 Å². The van der Waals surface area contributed by atoms with Gasteiger partial charge >= 0.3 is 0 Å². The molecule has 8 nitrogen and oxygen atoms in total. The third-order valence-corrected chi connectivity index (χ3v) is 8.10. The van der Waals surface area contributed by atoms with Gasteiger partial charge in [0.2, 0.25) is 0 Å². The summed E-state index contributed by atoms with van der Waals surface area (Å²) in [6, 6.07) is 11.1. The molecular formula is C27H27FN6O2S. The number of hydrogen-bond donors (Lipinski definition) is 1. The summed E-state index contributed by atoms with van der Waals surface area (Å²) in [5.74, 6) is 0.382. The van der Waals surface area contributed by atoms with E-state index in [9.17, 15) is 9.18 Å². The quantitative estimate of drug-likeness (QED) is 0.372. The van der Waals surface area contributed by atoms with Crippen molar-refractivity contribution in [1.82, 2.24) is 20.0 Å². The van der Waals surface area contributed by atoms with Crippen molar-refractivity contribution < 1.29 is 13.7 Å². The smallest absolute Gasteiger partial charge is 0.276 e. The van der Waals surface area contributed by atoms with Gasteiger partial charge < -0.3 is 14.7 Å². The number of likely N-dealkylation sites (N-methyl/N-ethyl adjacent to an activating group) is 1. The number of carbonyl (C=O) groups excluding carboxylic acids is 1. The zero-order valence-corrected chi connectivity index (χ0v) is 21.6. The lowest BCUT2D eigenvalue weighted by Crippen LogP contribution is -2.67. The second-order valence-corrected chi connectivity index (χ2v) is 10.8. The average molecular weight is 519 g/mol. The molecule has 3 aliphatic rings. The van der Waals surface area contributed by atoms with E-state index >= 15 is 0 Å². The van der Waals surface area contributed by atoms with Crippen molar-refractivity contribution in [2.45, 2.75) is 38.3 Å². The van der Waals surface area contributed by atoms with Crippen LogP contribution in [0, 0.1) is 5.82 Å². The first-order chi connectivity index (χ1) is 17.9. The van der Waals surface area contributed by atoms with Crippen LogP contribution in [-0.4, -0.2) is 58.2 Å². The average Bonchev–Trinajstić information content (AvgIpc) is 3.57. The number of halogens is 1. The van der Waals surface area contributed by atoms with Crippen LogP contribution in [0.2, 0.25) is 0 Å². The second kappa shape index (κ2) is 9.35. The first kappa shape index (κ1) is 23.7. The molecule has 0 radical (unpaired) electrons. The van der Waals surface area contributed by atoms with E-state index in [-0.39, 0.29) is 23.3 Å². The number of nitrogens with zero attached hydrogens (tertiary/aromatic N) is 5. The van der Waals surface area contributed by atoms with E-state index in [4.69, 9.17) is 4.52 Å². The highest BCUT2D eigenvalue weighted by Crippen LogP contribution is 2.39. The summed E-state index contributed by atoms with van der Waals surface area (Å²) in [7, 11) is 2.19. The monoisotopic (exact) mass is 518 g/mol. The van der Waals surface area contributed by atoms with Gasteiger partial charge in [-0.05, 0) is 55.8 Å². The summed E-state index contributed by atoms with van der Waals surface area (Å²) >= 11 is 1.34. The minimum atomic E-state index is -0.338. The summed E-state index contributed by atoms with van der Waals surface area (Å²) in [6.45, 7) is 6.03. The molecule has 37 heavy (non-hydrogen) atoms. The Labute approximate surface area is 218 Å². The third kappa shape index (κ3) is 4.40. The number of nitrogens with one attached hydrogen (secondary N) is 1. The fourth-order valence-electron chi connectivity index (χ4n) is 5.03. The van der Waals surface area contributed by atoms with Gasteiger partial charge in [-0.3, -0.25) is 9.69 Å². The predicted octanol–water partition coefficient (Wildman–Crippen LogP) is 5.27. The Morgan fingerprint density at radius 1 is 1.16 bits per heavy atom. The van der Waals surface area contributed by atoms with Crippen molar-refractivity contribution in [2.75, 3.05) is 30.4 Å². The molecule has 0 aliphatic carbocycles. The highest BCUT2D eigenvalue weighted by Gasteiger charge is 2.42. The number of amides is 1. The molecule has 1 amide bonds. The molecule has 2 bridgehead atoms. The summed E-state index contributed by atoms with van der Waals surface area (Å²) in [5, 5.41) is 9.43. The summed E-state index contributed by atoms with van der Waals surface area (Å²) in [6.07, 6.45) is 3.08. The van der Waals surface area contributed by atoms with Crippen LogP contribution in [0.1, 0.15) is 42.4 Å². The van der Waals surface area contributed by atoms with E-state index in [0.717, 1.165) is 30.0 Å². The van der Waals surface area contributed by atoms with Gasteiger partial charge in [0.15, 0.2) is 5.76 Å². The Morgan fingerprint density at radius 3 is 2.57 bits per heavy atom. The first-order valence-corrected chi connectivity index (χ1v) is 13.2. The molecule has 6 heterocycles. The Hall–Kier alpha value is -3.63. The molecule has 10 heteroatoms. The van der Waals surface area contributed by atoms with Crippen LogP contribution in [0.15, 0.2) is 52.5 Å². The molecule has 7 rings (SSSR count). The van der Waals surface area contributed by atoms with E-state index in [1.165, 1.54) is 29.9 Å². The van der Waals surface area contributed by atoms with Crippen molar-refractivity contribution in [2.24, 2.45) is 0 Å². The summed E-state index contributed by atoms with van der Waals surface area (Å²) in [5.41, 5.74) is 3.50. The van der Waals surface area contributed by atoms with Gasteiger partial charge in [0.05, 0.1) is 23.1 Å². The van der Waals surface area contributed by atoms with Gasteiger partial charge in [0.25, 0.3) is 5.91 Å². The molecule has 2 unspecified atom stereocenters. The maximum Gasteiger partial charge on any atom is 0.276 e. The summed E-state index contributed by atoms with van der Waals surface area (Å²) < 4.78 is 19.1. The molecule has 190 valence electrons. The number of anilines is 2. The molecule has 2 atom stereocenters. The third-order valence-electron chi connectivity index (χ3n) is 7.24. The molecule has 3 aromatic heterocycles. The lowest BCUT2D eigenvalue weighted by Gasteiger charge is -2.55. The number of pyridine rings is 1. The minimum Gasteiger partial charge on any atom is -0.367 e. The van der Waals surface area contributed by atoms with Crippen LogP contribution in [0.25, 0.3) is 21.9 Å². The van der Waals surface area contributed by atoms with Crippen LogP contribution in [0.5, 0.6) is 0 Å². The lowest BCUT2D eigenvalue weighted by molar-refractivity contribution is 0.0264. The van der Waals surface area contributed by atoms with E-state index in [1.54, 1.807) is 17.5 Å². The molecule has 1 N–H and O–H groups in total. The molecule has 3 saturated heterocycles. The predicted molar refractivity (Wildman–Crippen MR) is 141 cm³/mol. The number of fused-ring (bicyclic) bond motifs is 2. The Balaban J connectivity index is 1.19. The Kier molecular flexibility index (Phi) is 6.00. The number of carbonyl (C=O) groups is 1. The SMILES string of the molecule is CC(C)c1noc(-c2ccc(F)cc2)c1-c1nc(C(=O)Nc2ccc(N3CC4CC(C3)N4C)cn2)cs1. The molecule has 1 aromatic carbocycles. The van der Waals surface area contributed by atoms with Crippen molar-refractivity contribution >= 4 is 28.7 Å². The van der Waals surface area contributed by atoms with Gasteiger partial charge in [-0.25, -0.2) is 14.4 Å². The number of piperazine rings is 1. The molecule has 4 aromatic rings. The number of hydrogen-bond acceptors (Lipinski definition) is 8. The fourth-order valence-corrected chi connectivity index (χ4v) is 5.88. The minimum absolute atomic E-state index is 0.0723. The van der Waals surface area contributed by atoms with Gasteiger partial charge in [-0.2, -0.15) is 0 Å². The summed E-state index contributed by atoms with van der Waals surface area (Å²) in [4.78, 5) is 26.8. The van der Waals surface area contributed by atoms with Crippen molar-refractivity contribution in [3.8, 4) is 21.9 Å². The lowest BCUT2D eigenvalue weighted by atomic mass is 9.88. The van der Waals surface area contributed by atoms with Gasteiger partial charge in [-0.15, -0.1) is 11.3 Å². The topological polar surface area (TPSA) is 87.4 Å². The number of aromatic nitrogens is 3. The molecule has 0 saturated carbocycles. The van der Waals surface area contributed by atoms with Crippen LogP contribution in [0.3, 0.4) is 0 Å². The number of piperidine rings is 1. The van der Waals surface area contributed by atoms with Gasteiger partial charge in [0, 0.05) is 36.1 Å². The van der Waals surface area contributed by atoms with Crippen LogP contribution < -0.4 is 10.2 Å². The number of rotatable bonds is 6. The first-order valence-electron chi connectivity index (χ1n) is 12.3. The van der Waals surface area contributed by atoms with E-state index < -0.39 is 0 Å². The van der Waals surface area contributed by atoms with Gasteiger partial charge in [-0.1, -0.05) is 19.0 Å². The van der Waals surface area contributed by atoms with E-state index in [1.807, 2.05) is 32.2 Å². The van der Waals surface area contributed by atoms with Crippen LogP contribution in [0.4, 0.5) is 15.9 Å². The fraction of sp³-hybridized carbons (Fsp3) is 0.333.